The number of nitrogens with one attached hydrogen (secondary N) is 3. The van der Waals surface area contributed by atoms with Gasteiger partial charge in [-0.05, 0) is 35.4 Å². The molecular weight excluding hydrogens is 870 g/mol. The summed E-state index contributed by atoms with van der Waals surface area (Å²) in [6.07, 6.45) is 2.32. The molecule has 2 aromatic carbocycles. The predicted octanol–water partition coefficient (Wildman–Crippen LogP) is -1.28. The molecule has 25 nitrogen and oxygen atoms in total. The first-order valence-electron chi connectivity index (χ1n) is 17.0. The van der Waals surface area contributed by atoms with Gasteiger partial charge in [0.05, 0.1) is 39.3 Å². The fraction of sp³-hybridized carbons (Fsp3) is 0.355. The molecule has 4 rings (SSSR count). The molecule has 2 aromatic heterocycles. The van der Waals surface area contributed by atoms with Crippen molar-refractivity contribution in [3.63, 3.8) is 0 Å². The molecule has 0 spiro atoms. The summed E-state index contributed by atoms with van der Waals surface area (Å²) >= 11 is 0. The number of methoxy groups -OCH3 is 1. The molecule has 0 saturated carbocycles. The maximum Gasteiger partial charge on any atom is 0.322 e. The summed E-state index contributed by atoms with van der Waals surface area (Å²) in [4.78, 5) is 26.4. The summed E-state index contributed by atoms with van der Waals surface area (Å²) in [6, 6.07) is 7.13. The molecule has 60 heavy (non-hydrogen) atoms. The number of aromatic nitrogens is 6. The Labute approximate surface area is 366 Å². The molecule has 0 bridgehead atoms. The van der Waals surface area contributed by atoms with E-state index in [1.165, 1.54) is 41.2 Å². The molecule has 4 aromatic rings. The minimum atomic E-state index is -4.97. The maximum atomic E-state index is 12.6. The zero-order valence-electron chi connectivity index (χ0n) is 32.0. The molecule has 0 atom stereocenters. The SMILES string of the molecule is COc1nc(Nc2ccc(C=Cc3ccc(Nc4nc(NCCS(=O)(=O)O)nc(N(CCO)CCO)n4)cc3S(=O)(=O)O)c(S(=O)(=O)O)c2)nc(N(CCO)CCO)n1.[Na]. The Bertz CT molecular complexity index is 2440. The van der Waals surface area contributed by atoms with Crippen LogP contribution in [0.4, 0.5) is 41.1 Å². The molecule has 0 fully saturated rings. The minimum Gasteiger partial charge on any atom is -0.467 e. The van der Waals surface area contributed by atoms with Gasteiger partial charge >= 0.3 is 6.01 Å². The molecule has 0 saturated heterocycles. The van der Waals surface area contributed by atoms with Crippen LogP contribution >= 0.6 is 0 Å². The van der Waals surface area contributed by atoms with Crippen LogP contribution in [0.1, 0.15) is 11.1 Å². The summed E-state index contributed by atoms with van der Waals surface area (Å²) in [7, 11) is -13.0. The molecule has 0 aliphatic carbocycles. The van der Waals surface area contributed by atoms with E-state index in [2.05, 4.69) is 45.9 Å². The third kappa shape index (κ3) is 14.9. The van der Waals surface area contributed by atoms with E-state index in [9.17, 15) is 54.8 Å². The maximum absolute atomic E-state index is 12.6. The molecule has 0 aliphatic heterocycles. The normalized spacial score (nSPS) is 11.9. The number of benzene rings is 2. The van der Waals surface area contributed by atoms with Crippen molar-refractivity contribution < 1.29 is 64.1 Å². The van der Waals surface area contributed by atoms with Crippen molar-refractivity contribution in [3.8, 4) is 6.01 Å². The van der Waals surface area contributed by atoms with Gasteiger partial charge < -0.3 is 50.9 Å². The van der Waals surface area contributed by atoms with Crippen LogP contribution in [0.25, 0.3) is 12.2 Å². The Morgan fingerprint density at radius 3 is 1.43 bits per heavy atom. The fourth-order valence-corrected chi connectivity index (χ4v) is 6.84. The summed E-state index contributed by atoms with van der Waals surface area (Å²) in [6.45, 7) is -1.61. The molecule has 29 heteroatoms. The van der Waals surface area contributed by atoms with E-state index in [0.29, 0.717) is 0 Å². The second-order valence-corrected chi connectivity index (χ2v) is 16.2. The number of aliphatic hydroxyl groups is 4. The van der Waals surface area contributed by atoms with Gasteiger partial charge in [0.1, 0.15) is 9.79 Å². The van der Waals surface area contributed by atoms with E-state index in [1.807, 2.05) is 0 Å². The first kappa shape index (κ1) is 49.9. The number of rotatable bonds is 23. The Morgan fingerprint density at radius 1 is 0.617 bits per heavy atom. The van der Waals surface area contributed by atoms with Crippen LogP contribution in [-0.4, -0.2) is 191 Å². The molecule has 1 radical (unpaired) electrons. The molecule has 0 amide bonds. The zero-order valence-corrected chi connectivity index (χ0v) is 36.4. The summed E-state index contributed by atoms with van der Waals surface area (Å²) in [5, 5.41) is 45.9. The van der Waals surface area contributed by atoms with Gasteiger partial charge in [-0.3, -0.25) is 13.7 Å². The summed E-state index contributed by atoms with van der Waals surface area (Å²) < 4.78 is 107. The first-order valence-corrected chi connectivity index (χ1v) is 21.5. The van der Waals surface area contributed by atoms with Gasteiger partial charge in [0, 0.05) is 73.7 Å². The van der Waals surface area contributed by atoms with E-state index in [-0.39, 0.29) is 147 Å². The van der Waals surface area contributed by atoms with Crippen molar-refractivity contribution in [2.24, 2.45) is 0 Å². The summed E-state index contributed by atoms with van der Waals surface area (Å²) in [5.74, 6) is -1.35. The molecule has 323 valence electrons. The number of ether oxygens (including phenoxy) is 1. The smallest absolute Gasteiger partial charge is 0.322 e. The van der Waals surface area contributed by atoms with Gasteiger partial charge in [-0.2, -0.15) is 55.2 Å². The Hall–Kier alpha value is -4.43. The van der Waals surface area contributed by atoms with Crippen molar-refractivity contribution in [3.05, 3.63) is 47.5 Å². The van der Waals surface area contributed by atoms with Crippen molar-refractivity contribution >= 4 is 113 Å². The molecule has 2 heterocycles. The van der Waals surface area contributed by atoms with Gasteiger partial charge in [0.15, 0.2) is 0 Å². The van der Waals surface area contributed by atoms with E-state index in [0.717, 1.165) is 24.3 Å². The monoisotopic (exact) mass is 910 g/mol. The van der Waals surface area contributed by atoms with E-state index in [4.69, 9.17) is 9.29 Å². The van der Waals surface area contributed by atoms with Crippen LogP contribution in [0.5, 0.6) is 6.01 Å². The largest absolute Gasteiger partial charge is 0.467 e. The van der Waals surface area contributed by atoms with Gasteiger partial charge in [-0.15, -0.1) is 0 Å². The van der Waals surface area contributed by atoms with Crippen LogP contribution in [0.15, 0.2) is 46.2 Å². The van der Waals surface area contributed by atoms with Gasteiger partial charge in [0.2, 0.25) is 29.7 Å². The van der Waals surface area contributed by atoms with Crippen LogP contribution in [0.2, 0.25) is 0 Å². The number of hydrogen-bond acceptors (Lipinski definition) is 22. The second kappa shape index (κ2) is 22.4. The van der Waals surface area contributed by atoms with E-state index >= 15 is 0 Å². The number of hydrogen-bond donors (Lipinski definition) is 10. The number of aliphatic hydroxyl groups excluding tert-OH is 4. The first-order chi connectivity index (χ1) is 27.9. The van der Waals surface area contributed by atoms with Crippen LogP contribution in [0, 0.1) is 0 Å². The standard InChI is InChI=1S/C31H41N11O14S3.Na/c1-56-31-39-28(38-30(40-31)42(11-15-45)12-16-46)34-23-7-5-21(25(19-23)59(53,54)55)3-2-20-4-6-22(18-24(20)58(50,51)52)33-27-35-26(32-8-17-57(47,48)49)36-29(37-27)41(9-13-43)10-14-44;/h2-7,18-19,43-46H,8-17H2,1H3,(H,47,48,49)(H,50,51,52)(H,53,54,55)(H,34,38,39,40)(H2,32,33,35,36,37);. The zero-order chi connectivity index (χ0) is 43.4. The Balaban J connectivity index is 0.00000961. The molecule has 10 N–H and O–H groups in total. The van der Waals surface area contributed by atoms with Crippen molar-refractivity contribution in [1.29, 1.82) is 0 Å². The average Bonchev–Trinajstić information content (AvgIpc) is 3.16. The van der Waals surface area contributed by atoms with Crippen LogP contribution in [0.3, 0.4) is 0 Å². The van der Waals surface area contributed by atoms with E-state index in [1.54, 1.807) is 0 Å². The van der Waals surface area contributed by atoms with Gasteiger partial charge in [0.25, 0.3) is 30.4 Å². The second-order valence-electron chi connectivity index (χ2n) is 11.8. The van der Waals surface area contributed by atoms with Gasteiger partial charge in [-0.25, -0.2) is 0 Å². The van der Waals surface area contributed by atoms with Crippen LogP contribution in [-0.2, 0) is 30.4 Å². The quantitative estimate of drug-likeness (QED) is 0.0235. The average molecular weight is 911 g/mol. The Morgan fingerprint density at radius 2 is 1.03 bits per heavy atom. The molecule has 0 unspecified atom stereocenters. The topological polar surface area (TPSA) is 373 Å². The third-order valence-electron chi connectivity index (χ3n) is 7.64. The molecular formula is C31H41N11NaO14S3. The van der Waals surface area contributed by atoms with Crippen molar-refractivity contribution in [2.45, 2.75) is 9.79 Å². The predicted molar refractivity (Wildman–Crippen MR) is 218 cm³/mol. The van der Waals surface area contributed by atoms with Crippen molar-refractivity contribution in [1.82, 2.24) is 29.9 Å². The van der Waals surface area contributed by atoms with E-state index < -0.39 is 45.9 Å². The molecule has 0 aliphatic rings. The minimum absolute atomic E-state index is 0. The van der Waals surface area contributed by atoms with Crippen LogP contribution < -0.4 is 30.5 Å². The summed E-state index contributed by atoms with van der Waals surface area (Å²) in [5.41, 5.74) is -0.195. The number of anilines is 7. The fourth-order valence-electron chi connectivity index (χ4n) is 5.06. The van der Waals surface area contributed by atoms with Gasteiger partial charge in [-0.1, -0.05) is 24.3 Å². The third-order valence-corrected chi connectivity index (χ3v) is 10.2. The Kier molecular flexibility index (Phi) is 18.7. The van der Waals surface area contributed by atoms with Crippen molar-refractivity contribution in [2.75, 3.05) is 97.8 Å². The number of nitrogens with zero attached hydrogens (tertiary/aromatic N) is 8.